The van der Waals surface area contributed by atoms with Crippen molar-refractivity contribution in [2.45, 2.75) is 39.0 Å². The van der Waals surface area contributed by atoms with Crippen LogP contribution in [0.15, 0.2) is 65.6 Å². The molecule has 0 aliphatic carbocycles. The van der Waals surface area contributed by atoms with Crippen LogP contribution in [0.1, 0.15) is 25.3 Å². The second-order valence-corrected chi connectivity index (χ2v) is 7.14. The maximum Gasteiger partial charge on any atom is 0.330 e. The van der Waals surface area contributed by atoms with Crippen LogP contribution < -0.4 is 21.9 Å². The standard InChI is InChI=1S/C23H26N4O6/c1-16(28)25-18(10-5-6-12-21(30)33-15-17-8-3-2-4-9-17)22(31)26-19-11-7-13-27(23(19)32)14-20(24)29/h2-4,6-9,11-13,18H,5,10,14-15H2,1H3,(H2,24,29)(H,25,28)(H,26,31)/b12-6+/t18-/m0/s1. The van der Waals surface area contributed by atoms with Crippen molar-refractivity contribution in [3.05, 3.63) is 76.7 Å². The van der Waals surface area contributed by atoms with Crippen molar-refractivity contribution < 1.29 is 23.9 Å². The maximum absolute atomic E-state index is 12.6. The predicted molar refractivity (Wildman–Crippen MR) is 121 cm³/mol. The van der Waals surface area contributed by atoms with E-state index in [2.05, 4.69) is 10.6 Å². The molecule has 0 saturated carbocycles. The molecule has 1 heterocycles. The first-order chi connectivity index (χ1) is 15.8. The van der Waals surface area contributed by atoms with Crippen LogP contribution in [0.5, 0.6) is 0 Å². The number of esters is 1. The summed E-state index contributed by atoms with van der Waals surface area (Å²) in [7, 11) is 0. The zero-order chi connectivity index (χ0) is 24.2. The number of aromatic nitrogens is 1. The number of carbonyl (C=O) groups excluding carboxylic acids is 4. The fraction of sp³-hybridized carbons (Fsp3) is 0.261. The van der Waals surface area contributed by atoms with E-state index in [4.69, 9.17) is 10.5 Å². The lowest BCUT2D eigenvalue weighted by Gasteiger charge is -2.17. The number of nitrogens with one attached hydrogen (secondary N) is 2. The molecule has 2 aromatic rings. The number of carbonyl (C=O) groups is 4. The van der Waals surface area contributed by atoms with Gasteiger partial charge in [0.15, 0.2) is 0 Å². The van der Waals surface area contributed by atoms with Crippen molar-refractivity contribution >= 4 is 29.4 Å². The number of nitrogens with zero attached hydrogens (tertiary/aromatic N) is 1. The number of benzene rings is 1. The summed E-state index contributed by atoms with van der Waals surface area (Å²) in [6, 6.07) is 11.1. The first-order valence-corrected chi connectivity index (χ1v) is 10.2. The highest BCUT2D eigenvalue weighted by atomic mass is 16.5. The third kappa shape index (κ3) is 8.82. The lowest BCUT2D eigenvalue weighted by molar-refractivity contribution is -0.139. The van der Waals surface area contributed by atoms with Gasteiger partial charge >= 0.3 is 5.97 Å². The van der Waals surface area contributed by atoms with Crippen LogP contribution in [0, 0.1) is 0 Å². The second-order valence-electron chi connectivity index (χ2n) is 7.14. The molecule has 0 bridgehead atoms. The Balaban J connectivity index is 1.93. The Morgan fingerprint density at radius 3 is 2.52 bits per heavy atom. The smallest absolute Gasteiger partial charge is 0.330 e. The lowest BCUT2D eigenvalue weighted by Crippen LogP contribution is -2.43. The number of anilines is 1. The Bertz CT molecular complexity index is 1080. The molecule has 2 rings (SSSR count). The molecule has 10 heteroatoms. The lowest BCUT2D eigenvalue weighted by atomic mass is 10.1. The van der Waals surface area contributed by atoms with E-state index >= 15 is 0 Å². The van der Waals surface area contributed by atoms with Gasteiger partial charge in [-0.3, -0.25) is 19.2 Å². The molecule has 0 aliphatic rings. The largest absolute Gasteiger partial charge is 0.458 e. The van der Waals surface area contributed by atoms with Crippen LogP contribution in [0.25, 0.3) is 0 Å². The minimum absolute atomic E-state index is 0.0564. The number of nitrogens with two attached hydrogens (primary N) is 1. The molecular formula is C23H26N4O6. The van der Waals surface area contributed by atoms with Gasteiger partial charge < -0.3 is 25.7 Å². The Kier molecular flexibility index (Phi) is 9.56. The normalized spacial score (nSPS) is 11.5. The molecule has 0 aliphatic heterocycles. The second kappa shape index (κ2) is 12.6. The molecule has 0 fully saturated rings. The number of hydrogen-bond donors (Lipinski definition) is 3. The first-order valence-electron chi connectivity index (χ1n) is 10.2. The molecular weight excluding hydrogens is 428 g/mol. The molecule has 1 aromatic carbocycles. The highest BCUT2D eigenvalue weighted by Crippen LogP contribution is 2.06. The Labute approximate surface area is 190 Å². The minimum atomic E-state index is -0.948. The van der Waals surface area contributed by atoms with Gasteiger partial charge in [0.25, 0.3) is 5.56 Å². The van der Waals surface area contributed by atoms with Gasteiger partial charge in [-0.15, -0.1) is 0 Å². The number of allylic oxidation sites excluding steroid dienone is 1. The van der Waals surface area contributed by atoms with Crippen LogP contribution >= 0.6 is 0 Å². The number of primary amides is 1. The highest BCUT2D eigenvalue weighted by Gasteiger charge is 2.20. The van der Waals surface area contributed by atoms with Crippen molar-refractivity contribution in [3.63, 3.8) is 0 Å². The molecule has 1 aromatic heterocycles. The van der Waals surface area contributed by atoms with E-state index in [1.54, 1.807) is 0 Å². The van der Waals surface area contributed by atoms with E-state index in [0.29, 0.717) is 6.42 Å². The quantitative estimate of drug-likeness (QED) is 0.339. The zero-order valence-corrected chi connectivity index (χ0v) is 18.2. The van der Waals surface area contributed by atoms with Crippen LogP contribution in [-0.2, 0) is 37.1 Å². The minimum Gasteiger partial charge on any atom is -0.458 e. The van der Waals surface area contributed by atoms with E-state index in [1.807, 2.05) is 30.3 Å². The van der Waals surface area contributed by atoms with E-state index in [9.17, 15) is 24.0 Å². The van der Waals surface area contributed by atoms with Gasteiger partial charge in [0.05, 0.1) is 0 Å². The monoisotopic (exact) mass is 454 g/mol. The van der Waals surface area contributed by atoms with Crippen molar-refractivity contribution in [1.82, 2.24) is 9.88 Å². The van der Waals surface area contributed by atoms with Crippen molar-refractivity contribution in [2.24, 2.45) is 5.73 Å². The van der Waals surface area contributed by atoms with Crippen molar-refractivity contribution in [2.75, 3.05) is 5.32 Å². The highest BCUT2D eigenvalue weighted by molar-refractivity contribution is 5.96. The SMILES string of the molecule is CC(=O)N[C@@H](CC/C=C/C(=O)OCc1ccccc1)C(=O)Nc1cccn(CC(N)=O)c1=O. The number of ether oxygens (including phenoxy) is 1. The maximum atomic E-state index is 12.6. The third-order valence-electron chi connectivity index (χ3n) is 4.40. The van der Waals surface area contributed by atoms with Gasteiger partial charge in [0.1, 0.15) is 24.9 Å². The van der Waals surface area contributed by atoms with Gasteiger partial charge in [0.2, 0.25) is 17.7 Å². The number of hydrogen-bond acceptors (Lipinski definition) is 6. The van der Waals surface area contributed by atoms with E-state index < -0.39 is 35.3 Å². The molecule has 0 spiro atoms. The van der Waals surface area contributed by atoms with Crippen molar-refractivity contribution in [3.8, 4) is 0 Å². The molecule has 0 radical (unpaired) electrons. The average Bonchev–Trinajstić information content (AvgIpc) is 2.77. The predicted octanol–water partition coefficient (Wildman–Crippen LogP) is 0.857. The van der Waals surface area contributed by atoms with E-state index in [0.717, 1.165) is 10.1 Å². The summed E-state index contributed by atoms with van der Waals surface area (Å²) >= 11 is 0. The van der Waals surface area contributed by atoms with E-state index in [-0.39, 0.29) is 25.3 Å². The molecule has 4 N–H and O–H groups in total. The fourth-order valence-corrected chi connectivity index (χ4v) is 2.88. The number of amides is 3. The van der Waals surface area contributed by atoms with Crippen molar-refractivity contribution in [1.29, 1.82) is 0 Å². The van der Waals surface area contributed by atoms with Crippen LogP contribution in [-0.4, -0.2) is 34.3 Å². The zero-order valence-electron chi connectivity index (χ0n) is 18.2. The Morgan fingerprint density at radius 2 is 1.85 bits per heavy atom. The molecule has 33 heavy (non-hydrogen) atoms. The van der Waals surface area contributed by atoms with E-state index in [1.165, 1.54) is 37.4 Å². The molecule has 0 unspecified atom stereocenters. The molecule has 174 valence electrons. The average molecular weight is 454 g/mol. The fourth-order valence-electron chi connectivity index (χ4n) is 2.88. The summed E-state index contributed by atoms with van der Waals surface area (Å²) in [5.41, 5.74) is 5.31. The number of pyridine rings is 1. The molecule has 1 atom stereocenters. The third-order valence-corrected chi connectivity index (χ3v) is 4.40. The summed E-state index contributed by atoms with van der Waals surface area (Å²) in [4.78, 5) is 59.4. The topological polar surface area (TPSA) is 150 Å². The Hall–Kier alpha value is -4.21. The summed E-state index contributed by atoms with van der Waals surface area (Å²) in [6.45, 7) is 1.08. The van der Waals surface area contributed by atoms with Crippen LogP contribution in [0.2, 0.25) is 0 Å². The van der Waals surface area contributed by atoms with Gasteiger partial charge in [-0.1, -0.05) is 36.4 Å². The van der Waals surface area contributed by atoms with Gasteiger partial charge in [-0.2, -0.15) is 0 Å². The van der Waals surface area contributed by atoms with Gasteiger partial charge in [-0.05, 0) is 30.5 Å². The summed E-state index contributed by atoms with van der Waals surface area (Å²) < 4.78 is 6.20. The number of rotatable bonds is 11. The summed E-state index contributed by atoms with van der Waals surface area (Å²) in [5.74, 6) is -2.27. The summed E-state index contributed by atoms with van der Waals surface area (Å²) in [5, 5.41) is 4.98. The Morgan fingerprint density at radius 1 is 1.12 bits per heavy atom. The van der Waals surface area contributed by atoms with Gasteiger partial charge in [0, 0.05) is 19.2 Å². The summed E-state index contributed by atoms with van der Waals surface area (Å²) in [6.07, 6.45) is 4.63. The molecule has 3 amide bonds. The van der Waals surface area contributed by atoms with Crippen LogP contribution in [0.3, 0.4) is 0 Å². The molecule has 10 nitrogen and oxygen atoms in total. The molecule has 0 saturated heterocycles. The first kappa shape index (κ1) is 25.1. The van der Waals surface area contributed by atoms with Gasteiger partial charge in [-0.25, -0.2) is 4.79 Å². The van der Waals surface area contributed by atoms with Crippen LogP contribution in [0.4, 0.5) is 5.69 Å².